The molecule has 16 atom stereocenters. The van der Waals surface area contributed by atoms with Crippen molar-refractivity contribution in [3.8, 4) is 39.9 Å². The molecule has 5 fully saturated rings. The summed E-state index contributed by atoms with van der Waals surface area (Å²) >= 11 is 0. The second-order valence-electron chi connectivity index (χ2n) is 29.4. The number of allylic oxidation sites excluding steroid dienone is 3. The molecule has 6 aliphatic heterocycles. The van der Waals surface area contributed by atoms with Gasteiger partial charge < -0.3 is 60.8 Å². The highest BCUT2D eigenvalue weighted by atomic mass is 16.5. The molecule has 7 aliphatic carbocycles. The first-order valence-electron chi connectivity index (χ1n) is 33.5. The van der Waals surface area contributed by atoms with E-state index in [0.717, 1.165) is 143 Å². The van der Waals surface area contributed by atoms with Crippen molar-refractivity contribution < 1.29 is 44.5 Å². The van der Waals surface area contributed by atoms with Crippen molar-refractivity contribution in [2.24, 2.45) is 80.2 Å². The van der Waals surface area contributed by atoms with Gasteiger partial charge in [0.1, 0.15) is 29.5 Å². The molecule has 13 aliphatic rings. The lowest BCUT2D eigenvalue weighted by Gasteiger charge is -2.58. The predicted octanol–water partition coefficient (Wildman–Crippen LogP) is 11.8. The molecule has 3 aromatic carbocycles. The summed E-state index contributed by atoms with van der Waals surface area (Å²) in [5.41, 5.74) is 13.4. The van der Waals surface area contributed by atoms with Gasteiger partial charge in [0.2, 0.25) is 0 Å². The molecule has 4 spiro atoms. The zero-order chi connectivity index (χ0) is 59.0. The molecule has 3 aromatic rings. The van der Waals surface area contributed by atoms with Crippen LogP contribution in [0.3, 0.4) is 0 Å². The summed E-state index contributed by atoms with van der Waals surface area (Å²) in [6.45, 7) is 9.52. The smallest absolute Gasteiger partial charge is 0.188 e. The minimum atomic E-state index is -0.921. The fourth-order valence-corrected chi connectivity index (χ4v) is 20.6. The van der Waals surface area contributed by atoms with Crippen LogP contribution in [0.2, 0.25) is 0 Å². The van der Waals surface area contributed by atoms with Gasteiger partial charge in [0, 0.05) is 61.8 Å². The Morgan fingerprint density at radius 1 is 0.859 bits per heavy atom. The number of guanidine groups is 1. The molecule has 13 nitrogen and oxygen atoms in total. The summed E-state index contributed by atoms with van der Waals surface area (Å²) in [5, 5.41) is 67.5. The zero-order valence-corrected chi connectivity index (χ0v) is 51.6. The number of phenolic OH excluding ortho intramolecular Hbond substituents is 2. The number of ether oxygens (including phenoxy) is 4. The number of nitrogens with two attached hydrogens (primary N) is 1. The lowest BCUT2D eigenvalue weighted by molar-refractivity contribution is -0.198. The molecular weight excluding hydrogens is 1060 g/mol. The molecule has 4 saturated carbocycles. The van der Waals surface area contributed by atoms with E-state index in [1.54, 1.807) is 13.2 Å². The van der Waals surface area contributed by atoms with E-state index in [0.29, 0.717) is 109 Å². The van der Waals surface area contributed by atoms with Gasteiger partial charge in [-0.3, -0.25) is 4.99 Å². The summed E-state index contributed by atoms with van der Waals surface area (Å²) in [5.74, 6) is 4.70. The summed E-state index contributed by atoms with van der Waals surface area (Å²) in [4.78, 5) is 5.40. The third-order valence-electron chi connectivity index (χ3n) is 24.6. The van der Waals surface area contributed by atoms with Gasteiger partial charge in [-0.2, -0.15) is 0 Å². The quantitative estimate of drug-likeness (QED) is 0.104. The highest BCUT2D eigenvalue weighted by Gasteiger charge is 2.66. The molecule has 16 unspecified atom stereocenters. The number of nitrogens with one attached hydrogen (secondary N) is 2. The molecule has 0 radical (unpaired) electrons. The first-order chi connectivity index (χ1) is 41.1. The van der Waals surface area contributed by atoms with Crippen molar-refractivity contribution >= 4 is 5.96 Å². The van der Waals surface area contributed by atoms with Crippen LogP contribution in [-0.2, 0) is 24.0 Å². The number of aliphatic imine (C=N–C) groups is 1. The van der Waals surface area contributed by atoms with Crippen LogP contribution >= 0.6 is 0 Å². The molecule has 10 bridgehead atoms. The molecule has 0 amide bonds. The van der Waals surface area contributed by atoms with Crippen molar-refractivity contribution in [1.29, 1.82) is 0 Å². The van der Waals surface area contributed by atoms with E-state index >= 15 is 0 Å². The van der Waals surface area contributed by atoms with Crippen LogP contribution in [0.15, 0.2) is 65.7 Å². The Labute approximate surface area is 506 Å². The second-order valence-corrected chi connectivity index (χ2v) is 29.4. The molecule has 13 heteroatoms. The van der Waals surface area contributed by atoms with E-state index in [2.05, 4.69) is 68.8 Å². The fraction of sp³-hybridized carbons (Fsp3) is 0.681. The number of aromatic hydroxyl groups is 2. The summed E-state index contributed by atoms with van der Waals surface area (Å²) < 4.78 is 27.7. The van der Waals surface area contributed by atoms with Gasteiger partial charge in [-0.05, 0) is 238 Å². The third kappa shape index (κ3) is 10.5. The lowest BCUT2D eigenvalue weighted by Crippen LogP contribution is -2.58. The summed E-state index contributed by atoms with van der Waals surface area (Å²) in [6.07, 6.45) is 26.7. The second kappa shape index (κ2) is 23.6. The average Bonchev–Trinajstić information content (AvgIpc) is 2.21. The van der Waals surface area contributed by atoms with Crippen molar-refractivity contribution in [1.82, 2.24) is 10.6 Å². The number of methoxy groups -OCH3 is 1. The number of hydrogen-bond donors (Lipinski definition) is 8. The highest BCUT2D eigenvalue weighted by molar-refractivity contribution is 5.84. The van der Waals surface area contributed by atoms with E-state index in [1.807, 2.05) is 24.3 Å². The van der Waals surface area contributed by atoms with E-state index < -0.39 is 18.3 Å². The minimum Gasteiger partial charge on any atom is -0.508 e. The zero-order valence-electron chi connectivity index (χ0n) is 51.6. The number of phenols is 2. The summed E-state index contributed by atoms with van der Waals surface area (Å²) in [6, 6.07) is 11.6. The summed E-state index contributed by atoms with van der Waals surface area (Å²) in [7, 11) is 3.80. The Morgan fingerprint density at radius 3 is 2.47 bits per heavy atom. The van der Waals surface area contributed by atoms with Crippen LogP contribution in [0.4, 0.5) is 0 Å². The Kier molecular flexibility index (Phi) is 16.5. The fourth-order valence-electron chi connectivity index (χ4n) is 20.6. The number of hydrogen-bond acceptors (Lipinski definition) is 13. The molecular formula is C72H100N4O9. The number of aliphatic hydroxyl groups excluding tert-OH is 3. The molecule has 85 heavy (non-hydrogen) atoms. The number of fused-ring (bicyclic) bond motifs is 2. The van der Waals surface area contributed by atoms with Crippen LogP contribution in [-0.4, -0.2) is 102 Å². The van der Waals surface area contributed by atoms with E-state index in [4.69, 9.17) is 29.7 Å². The SMILES string of the molecule is CCC1CC2C=CC1CC(O)CC1(CCC3C=CC4CCC(CNC)CC45CC31CCO5)CN=C(N)NCCC1C(CCC3(CCCC3)C1CO)Oc1cc(ccc1O)C1Oc3cc(OC)c4c(c3CC1O)C2Cc1cc(O)c(CC(C)C)cc1-4. The molecule has 0 aromatic heterocycles. The van der Waals surface area contributed by atoms with Gasteiger partial charge in [-0.15, -0.1) is 0 Å². The molecule has 16 rings (SSSR count). The Morgan fingerprint density at radius 2 is 1.68 bits per heavy atom. The molecule has 6 heterocycles. The monoisotopic (exact) mass is 1160 g/mol. The minimum absolute atomic E-state index is 0.00668. The maximum atomic E-state index is 13.0. The maximum Gasteiger partial charge on any atom is 0.188 e. The van der Waals surface area contributed by atoms with Gasteiger partial charge >= 0.3 is 0 Å². The van der Waals surface area contributed by atoms with E-state index in [-0.39, 0.29) is 69.9 Å². The normalized spacial score (nSPS) is 37.4. The van der Waals surface area contributed by atoms with Crippen LogP contribution in [0, 0.1) is 69.5 Å². The standard InChI is InChI=1S/C72H100N4O9/c1-6-44-28-46-11-10-45(44)29-52(78)37-70(23-17-50-14-15-51-13-9-43(38-74-4)36-72(51)40-71(50,70)24-26-83-72)41-76-68(73)75-25-19-53-57(39-77)69(20-7-8-21-69)22-18-61(53)84-63-33-47(12-16-58(63)79)67-60(81)34-56-62(85-67)35-64(82-5)66-55-31-49(27-42(2)3)59(80)32-48(55)30-54(46)65(56)66/h10-12,14-16,31-33,35,42-46,50-54,57,60-61,67,74,77-81H,6-9,13,17-30,34,36-41H2,1-5H3,(H3,73,75,76). The van der Waals surface area contributed by atoms with Gasteiger partial charge in [-0.1, -0.05) is 70.4 Å². The lowest BCUT2D eigenvalue weighted by atomic mass is 9.52. The maximum absolute atomic E-state index is 13.0. The van der Waals surface area contributed by atoms with E-state index in [1.165, 1.54) is 6.42 Å². The Hall–Kier alpha value is -4.79. The molecule has 9 N–H and O–H groups in total. The van der Waals surface area contributed by atoms with E-state index in [9.17, 15) is 25.5 Å². The van der Waals surface area contributed by atoms with Crippen molar-refractivity contribution in [3.63, 3.8) is 0 Å². The number of nitrogens with zero attached hydrogens (tertiary/aromatic N) is 1. The van der Waals surface area contributed by atoms with Crippen molar-refractivity contribution in [2.45, 2.75) is 192 Å². The number of aliphatic hydroxyl groups is 3. The van der Waals surface area contributed by atoms with Crippen LogP contribution < -0.4 is 30.6 Å². The molecule has 462 valence electrons. The van der Waals surface area contributed by atoms with Gasteiger partial charge in [0.25, 0.3) is 0 Å². The topological polar surface area (TPSA) is 201 Å². The Bertz CT molecular complexity index is 3030. The number of rotatable bonds is 7. The van der Waals surface area contributed by atoms with Crippen LogP contribution in [0.1, 0.15) is 176 Å². The third-order valence-corrected chi connectivity index (χ3v) is 24.6. The average molecular weight is 1170 g/mol. The van der Waals surface area contributed by atoms with Crippen LogP contribution in [0.5, 0.6) is 28.7 Å². The van der Waals surface area contributed by atoms with Crippen molar-refractivity contribution in [2.75, 3.05) is 47.0 Å². The number of benzene rings is 3. The Balaban J connectivity index is 0.914. The molecule has 1 saturated heterocycles. The van der Waals surface area contributed by atoms with Gasteiger partial charge in [-0.25, -0.2) is 0 Å². The van der Waals surface area contributed by atoms with Crippen LogP contribution in [0.25, 0.3) is 11.1 Å². The highest BCUT2D eigenvalue weighted by Crippen LogP contribution is 2.70. The first kappa shape index (κ1) is 59.2. The largest absolute Gasteiger partial charge is 0.508 e. The van der Waals surface area contributed by atoms with Gasteiger partial charge in [0.15, 0.2) is 17.5 Å². The van der Waals surface area contributed by atoms with Crippen molar-refractivity contribution in [3.05, 3.63) is 88.5 Å². The van der Waals surface area contributed by atoms with Gasteiger partial charge in [0.05, 0.1) is 24.9 Å². The first-order valence-corrected chi connectivity index (χ1v) is 33.5. The predicted molar refractivity (Wildman–Crippen MR) is 333 cm³/mol.